The number of rotatable bonds is 7. The van der Waals surface area contributed by atoms with Gasteiger partial charge in [-0.25, -0.2) is 0 Å². The molecule has 19 heavy (non-hydrogen) atoms. The normalized spacial score (nSPS) is 18.6. The molecule has 1 unspecified atom stereocenters. The van der Waals surface area contributed by atoms with Crippen LogP contribution in [0.5, 0.6) is 0 Å². The summed E-state index contributed by atoms with van der Waals surface area (Å²) in [5.41, 5.74) is 6.10. The van der Waals surface area contributed by atoms with E-state index in [0.717, 1.165) is 18.5 Å². The fourth-order valence-corrected chi connectivity index (χ4v) is 3.99. The molecule has 1 atom stereocenters. The summed E-state index contributed by atoms with van der Waals surface area (Å²) >= 11 is 1.86. The number of thiophene rings is 1. The van der Waals surface area contributed by atoms with Crippen LogP contribution in [0.4, 0.5) is 0 Å². The minimum Gasteiger partial charge on any atom is -0.329 e. The van der Waals surface area contributed by atoms with Crippen LogP contribution in [0.25, 0.3) is 0 Å². The summed E-state index contributed by atoms with van der Waals surface area (Å²) in [4.78, 5) is 4.15. The van der Waals surface area contributed by atoms with Gasteiger partial charge in [-0.1, -0.05) is 32.8 Å². The van der Waals surface area contributed by atoms with Crippen LogP contribution in [0.2, 0.25) is 0 Å². The van der Waals surface area contributed by atoms with E-state index in [1.807, 2.05) is 11.3 Å². The SMILES string of the molecule is CC(C)CCN(C1CCCC1)C(CN)c1cccs1. The van der Waals surface area contributed by atoms with Crippen LogP contribution in [0.15, 0.2) is 17.5 Å². The molecule has 0 radical (unpaired) electrons. The van der Waals surface area contributed by atoms with Gasteiger partial charge in [0.1, 0.15) is 0 Å². The smallest absolute Gasteiger partial charge is 0.0566 e. The molecule has 0 spiro atoms. The molecule has 0 aliphatic heterocycles. The van der Waals surface area contributed by atoms with E-state index in [4.69, 9.17) is 5.73 Å². The highest BCUT2D eigenvalue weighted by Gasteiger charge is 2.29. The highest BCUT2D eigenvalue weighted by Crippen LogP contribution is 2.33. The van der Waals surface area contributed by atoms with Crippen molar-refractivity contribution in [3.8, 4) is 0 Å². The second-order valence-corrected chi connectivity index (χ2v) is 7.10. The Labute approximate surface area is 122 Å². The Kier molecular flexibility index (Phi) is 5.86. The Morgan fingerprint density at radius 3 is 2.63 bits per heavy atom. The third-order valence-electron chi connectivity index (χ3n) is 4.25. The van der Waals surface area contributed by atoms with Crippen molar-refractivity contribution in [2.45, 2.75) is 58.0 Å². The quantitative estimate of drug-likeness (QED) is 0.817. The zero-order valence-electron chi connectivity index (χ0n) is 12.3. The lowest BCUT2D eigenvalue weighted by atomic mass is 10.1. The molecular formula is C16H28N2S. The predicted molar refractivity (Wildman–Crippen MR) is 84.5 cm³/mol. The van der Waals surface area contributed by atoms with Crippen molar-refractivity contribution in [2.75, 3.05) is 13.1 Å². The summed E-state index contributed by atoms with van der Waals surface area (Å²) < 4.78 is 0. The number of hydrogen-bond acceptors (Lipinski definition) is 3. The second kappa shape index (κ2) is 7.41. The molecule has 108 valence electrons. The maximum atomic E-state index is 6.10. The number of nitrogens with two attached hydrogens (primary N) is 1. The zero-order chi connectivity index (χ0) is 13.7. The van der Waals surface area contributed by atoms with Gasteiger partial charge in [0.2, 0.25) is 0 Å². The lowest BCUT2D eigenvalue weighted by Crippen LogP contribution is -2.41. The summed E-state index contributed by atoms with van der Waals surface area (Å²) in [7, 11) is 0. The van der Waals surface area contributed by atoms with Crippen molar-refractivity contribution in [3.05, 3.63) is 22.4 Å². The maximum Gasteiger partial charge on any atom is 0.0566 e. The van der Waals surface area contributed by atoms with E-state index in [0.29, 0.717) is 6.04 Å². The van der Waals surface area contributed by atoms with Gasteiger partial charge in [-0.05, 0) is 43.2 Å². The zero-order valence-corrected chi connectivity index (χ0v) is 13.2. The summed E-state index contributed by atoms with van der Waals surface area (Å²) in [6, 6.07) is 5.59. The van der Waals surface area contributed by atoms with Crippen molar-refractivity contribution in [3.63, 3.8) is 0 Å². The second-order valence-electron chi connectivity index (χ2n) is 6.13. The highest BCUT2D eigenvalue weighted by molar-refractivity contribution is 7.10. The molecule has 1 fully saturated rings. The van der Waals surface area contributed by atoms with Gasteiger partial charge in [0.05, 0.1) is 6.04 Å². The molecule has 3 heteroatoms. The van der Waals surface area contributed by atoms with Gasteiger partial charge in [-0.3, -0.25) is 4.90 Å². The minimum absolute atomic E-state index is 0.432. The maximum absolute atomic E-state index is 6.10. The summed E-state index contributed by atoms with van der Waals surface area (Å²) in [5.74, 6) is 0.769. The van der Waals surface area contributed by atoms with Gasteiger partial charge in [0.15, 0.2) is 0 Å². The molecule has 2 nitrogen and oxygen atoms in total. The third-order valence-corrected chi connectivity index (χ3v) is 5.23. The molecule has 1 aromatic heterocycles. The van der Waals surface area contributed by atoms with E-state index in [-0.39, 0.29) is 0 Å². The minimum atomic E-state index is 0.432. The molecule has 2 rings (SSSR count). The van der Waals surface area contributed by atoms with E-state index in [1.54, 1.807) is 0 Å². The Hall–Kier alpha value is -0.380. The first kappa shape index (κ1) is 15.0. The average molecular weight is 280 g/mol. The molecule has 2 N–H and O–H groups in total. The predicted octanol–water partition coefficient (Wildman–Crippen LogP) is 4.04. The summed E-state index contributed by atoms with van der Waals surface area (Å²) in [6.45, 7) is 6.57. The van der Waals surface area contributed by atoms with Crippen molar-refractivity contribution in [1.82, 2.24) is 4.90 Å². The molecular weight excluding hydrogens is 252 g/mol. The van der Waals surface area contributed by atoms with Crippen LogP contribution in [-0.2, 0) is 0 Å². The van der Waals surface area contributed by atoms with Gasteiger partial charge in [-0.15, -0.1) is 11.3 Å². The van der Waals surface area contributed by atoms with Crippen molar-refractivity contribution >= 4 is 11.3 Å². The van der Waals surface area contributed by atoms with Crippen LogP contribution >= 0.6 is 11.3 Å². The first-order valence-electron chi connectivity index (χ1n) is 7.71. The number of hydrogen-bond donors (Lipinski definition) is 1. The van der Waals surface area contributed by atoms with Gasteiger partial charge >= 0.3 is 0 Å². The van der Waals surface area contributed by atoms with E-state index in [9.17, 15) is 0 Å². The van der Waals surface area contributed by atoms with E-state index in [1.165, 1.54) is 43.5 Å². The third kappa shape index (κ3) is 4.04. The van der Waals surface area contributed by atoms with E-state index >= 15 is 0 Å². The molecule has 1 aliphatic rings. The van der Waals surface area contributed by atoms with Crippen LogP contribution in [-0.4, -0.2) is 24.0 Å². The van der Waals surface area contributed by atoms with Gasteiger partial charge in [0.25, 0.3) is 0 Å². The van der Waals surface area contributed by atoms with Crippen LogP contribution in [0, 0.1) is 5.92 Å². The lowest BCUT2D eigenvalue weighted by molar-refractivity contribution is 0.133. The average Bonchev–Trinajstić information content (AvgIpc) is 3.06. The van der Waals surface area contributed by atoms with Gasteiger partial charge in [-0.2, -0.15) is 0 Å². The molecule has 1 heterocycles. The first-order chi connectivity index (χ1) is 9.22. The summed E-state index contributed by atoms with van der Waals surface area (Å²) in [5, 5.41) is 2.17. The Morgan fingerprint density at radius 1 is 1.37 bits per heavy atom. The van der Waals surface area contributed by atoms with Crippen LogP contribution in [0.3, 0.4) is 0 Å². The standard InChI is InChI=1S/C16H28N2S/c1-13(2)9-10-18(14-6-3-4-7-14)15(12-17)16-8-5-11-19-16/h5,8,11,13-15H,3-4,6-7,9-10,12,17H2,1-2H3. The Balaban J connectivity index is 2.09. The van der Waals surface area contributed by atoms with E-state index in [2.05, 4.69) is 36.3 Å². The lowest BCUT2D eigenvalue weighted by Gasteiger charge is -2.36. The summed E-state index contributed by atoms with van der Waals surface area (Å²) in [6.07, 6.45) is 6.79. The largest absolute Gasteiger partial charge is 0.329 e. The topological polar surface area (TPSA) is 29.3 Å². The monoisotopic (exact) mass is 280 g/mol. The van der Waals surface area contributed by atoms with Crippen LogP contribution < -0.4 is 5.73 Å². The molecule has 1 aliphatic carbocycles. The van der Waals surface area contributed by atoms with Crippen molar-refractivity contribution in [2.24, 2.45) is 11.7 Å². The Bertz CT molecular complexity index is 342. The van der Waals surface area contributed by atoms with Crippen molar-refractivity contribution in [1.29, 1.82) is 0 Å². The molecule has 0 bridgehead atoms. The fourth-order valence-electron chi connectivity index (χ4n) is 3.13. The van der Waals surface area contributed by atoms with Gasteiger partial charge in [0, 0.05) is 17.5 Å². The van der Waals surface area contributed by atoms with Crippen molar-refractivity contribution < 1.29 is 0 Å². The Morgan fingerprint density at radius 2 is 2.11 bits per heavy atom. The molecule has 1 aromatic rings. The number of nitrogens with zero attached hydrogens (tertiary/aromatic N) is 1. The highest BCUT2D eigenvalue weighted by atomic mass is 32.1. The van der Waals surface area contributed by atoms with Gasteiger partial charge < -0.3 is 5.73 Å². The molecule has 0 amide bonds. The van der Waals surface area contributed by atoms with E-state index < -0.39 is 0 Å². The molecule has 0 saturated heterocycles. The fraction of sp³-hybridized carbons (Fsp3) is 0.750. The van der Waals surface area contributed by atoms with Crippen LogP contribution in [0.1, 0.15) is 56.9 Å². The molecule has 1 saturated carbocycles. The molecule has 0 aromatic carbocycles. The first-order valence-corrected chi connectivity index (χ1v) is 8.59.